The van der Waals surface area contributed by atoms with Gasteiger partial charge in [0.1, 0.15) is 24.6 Å². The van der Waals surface area contributed by atoms with Crippen LogP contribution >= 0.6 is 0 Å². The lowest BCUT2D eigenvalue weighted by Gasteiger charge is -2.25. The van der Waals surface area contributed by atoms with Crippen molar-refractivity contribution in [2.24, 2.45) is 18.9 Å². The topological polar surface area (TPSA) is 123 Å². The van der Waals surface area contributed by atoms with Crippen molar-refractivity contribution in [2.75, 3.05) is 5.32 Å². The van der Waals surface area contributed by atoms with E-state index in [4.69, 9.17) is 4.74 Å². The van der Waals surface area contributed by atoms with Crippen LogP contribution in [0.2, 0.25) is 0 Å². The lowest BCUT2D eigenvalue weighted by atomic mass is 9.84. The number of alkyl halides is 4. The first-order chi connectivity index (χ1) is 17.0. The molecule has 4 atom stereocenters. The zero-order valence-electron chi connectivity index (χ0n) is 19.3. The van der Waals surface area contributed by atoms with Crippen molar-refractivity contribution < 1.29 is 36.6 Å². The van der Waals surface area contributed by atoms with Crippen LogP contribution in [-0.2, 0) is 23.1 Å². The third-order valence-corrected chi connectivity index (χ3v) is 7.25. The van der Waals surface area contributed by atoms with E-state index in [1.807, 2.05) is 0 Å². The number of aryl methyl sites for hydroxylation is 1. The molecule has 0 saturated heterocycles. The number of anilines is 1. The number of alkyl carbamates (subject to hydrolysis) is 1. The number of amides is 2. The molecule has 4 aliphatic rings. The molecule has 10 nitrogen and oxygen atoms in total. The van der Waals surface area contributed by atoms with E-state index in [1.165, 1.54) is 13.1 Å². The minimum absolute atomic E-state index is 0.00395. The number of carbonyl (C=O) groups excluding carboxylic acids is 2. The van der Waals surface area contributed by atoms with Crippen molar-refractivity contribution in [1.82, 2.24) is 25.3 Å². The average molecular weight is 514 g/mol. The summed E-state index contributed by atoms with van der Waals surface area (Å²) in [5.74, 6) is 0.409. The largest absolute Gasteiger partial charge is 0.522 e. The molecule has 2 aromatic rings. The van der Waals surface area contributed by atoms with Crippen LogP contribution in [0.1, 0.15) is 59.9 Å². The Morgan fingerprint density at radius 1 is 1.19 bits per heavy atom. The number of carbonyl (C=O) groups is 2. The maximum Gasteiger partial charge on any atom is 0.522 e. The first kappa shape index (κ1) is 24.5. The van der Waals surface area contributed by atoms with E-state index in [0.717, 1.165) is 23.9 Å². The van der Waals surface area contributed by atoms with Gasteiger partial charge in [-0.1, -0.05) is 0 Å². The summed E-state index contributed by atoms with van der Waals surface area (Å²) in [6.07, 6.45) is -3.98. The summed E-state index contributed by atoms with van der Waals surface area (Å²) in [6, 6.07) is 2.85. The second-order valence-electron chi connectivity index (χ2n) is 9.75. The van der Waals surface area contributed by atoms with Gasteiger partial charge >= 0.3 is 12.5 Å². The molecule has 4 fully saturated rings. The van der Waals surface area contributed by atoms with Gasteiger partial charge in [0.15, 0.2) is 5.82 Å². The van der Waals surface area contributed by atoms with Gasteiger partial charge in [0.2, 0.25) is 0 Å². The number of aromatic nitrogens is 4. The number of aromatic amines is 1. The number of H-pyrrole nitrogens is 1. The van der Waals surface area contributed by atoms with E-state index in [0.29, 0.717) is 17.5 Å². The van der Waals surface area contributed by atoms with Crippen molar-refractivity contribution >= 4 is 17.8 Å². The predicted octanol–water partition coefficient (Wildman–Crippen LogP) is 3.54. The van der Waals surface area contributed by atoms with Crippen LogP contribution in [-0.4, -0.2) is 56.7 Å². The molecule has 0 radical (unpaired) electrons. The standard InChI is InChI=1S/C22H26F4N6O4/c1-32-17(7-13(31-32)9-35-22(24,25)26)20(33)28-19-8-16(29-30-19)12-5-14(23)18(6-12)36-21(34)27-15-4-10-2-11(15)3-10/h7-8,10-12,14-15,18H,2-6,9H2,1H3,(H,27,34)(H2,28,29,30,33)/t10?,11?,12-,14+,15?,18-/m1/s1. The van der Waals surface area contributed by atoms with Gasteiger partial charge in [-0.25, -0.2) is 9.18 Å². The van der Waals surface area contributed by atoms with E-state index in [2.05, 4.69) is 30.7 Å². The van der Waals surface area contributed by atoms with Crippen LogP contribution in [0, 0.1) is 11.8 Å². The third kappa shape index (κ3) is 5.32. The third-order valence-electron chi connectivity index (χ3n) is 7.25. The van der Waals surface area contributed by atoms with E-state index in [1.54, 1.807) is 6.07 Å². The average Bonchev–Trinajstić information content (AvgIpc) is 3.56. The van der Waals surface area contributed by atoms with Gasteiger partial charge in [-0.15, -0.1) is 13.2 Å². The van der Waals surface area contributed by atoms with Gasteiger partial charge < -0.3 is 15.4 Å². The number of fused-ring (bicyclic) bond motifs is 1. The van der Waals surface area contributed by atoms with Gasteiger partial charge in [-0.05, 0) is 50.0 Å². The van der Waals surface area contributed by atoms with Crippen LogP contribution in [0.25, 0.3) is 0 Å². The van der Waals surface area contributed by atoms with Crippen molar-refractivity contribution in [1.29, 1.82) is 0 Å². The van der Waals surface area contributed by atoms with Gasteiger partial charge in [0.05, 0.1) is 5.69 Å². The Morgan fingerprint density at radius 3 is 2.67 bits per heavy atom. The number of hydrogen-bond acceptors (Lipinski definition) is 6. The van der Waals surface area contributed by atoms with Crippen LogP contribution < -0.4 is 10.6 Å². The summed E-state index contributed by atoms with van der Waals surface area (Å²) in [6.45, 7) is -0.827. The Kier molecular flexibility index (Phi) is 6.39. The summed E-state index contributed by atoms with van der Waals surface area (Å²) in [5, 5.41) is 16.0. The molecule has 2 aromatic heterocycles. The van der Waals surface area contributed by atoms with E-state index < -0.39 is 37.2 Å². The van der Waals surface area contributed by atoms with Crippen molar-refractivity contribution in [3.63, 3.8) is 0 Å². The fourth-order valence-electron chi connectivity index (χ4n) is 5.44. The normalized spacial score (nSPS) is 29.1. The second kappa shape index (κ2) is 9.37. The monoisotopic (exact) mass is 514 g/mol. The number of halogens is 4. The molecular weight excluding hydrogens is 488 g/mol. The van der Waals surface area contributed by atoms with Gasteiger partial charge in [0, 0.05) is 30.8 Å². The molecule has 2 amide bonds. The maximum absolute atomic E-state index is 14.6. The zero-order chi connectivity index (χ0) is 25.6. The van der Waals surface area contributed by atoms with E-state index >= 15 is 0 Å². The molecule has 4 saturated carbocycles. The summed E-state index contributed by atoms with van der Waals surface area (Å²) in [5.41, 5.74) is 0.507. The lowest BCUT2D eigenvalue weighted by Crippen LogP contribution is -2.39. The van der Waals surface area contributed by atoms with Crippen molar-refractivity contribution in [3.05, 3.63) is 29.2 Å². The molecule has 1 unspecified atom stereocenters. The number of hydrogen-bond donors (Lipinski definition) is 3. The summed E-state index contributed by atoms with van der Waals surface area (Å²) >= 11 is 0. The molecule has 2 heterocycles. The number of rotatable bonds is 7. The quantitative estimate of drug-likeness (QED) is 0.486. The molecule has 14 heteroatoms. The number of nitrogens with zero attached hydrogens (tertiary/aromatic N) is 3. The van der Waals surface area contributed by atoms with Crippen molar-refractivity contribution in [3.8, 4) is 0 Å². The molecule has 3 N–H and O–H groups in total. The highest BCUT2D eigenvalue weighted by Crippen LogP contribution is 2.48. The van der Waals surface area contributed by atoms with E-state index in [9.17, 15) is 27.2 Å². The second-order valence-corrected chi connectivity index (χ2v) is 9.75. The SMILES string of the molecule is Cn1nc(COC(F)(F)F)cc1C(=O)Nc1cc([C@@H]2C[C@H](F)[C@H](OC(=O)NC3CC4CC3C4)C2)[nH]n1. The highest BCUT2D eigenvalue weighted by molar-refractivity contribution is 6.02. The molecule has 196 valence electrons. The first-order valence-corrected chi connectivity index (χ1v) is 11.8. The Bertz CT molecular complexity index is 1130. The molecule has 0 spiro atoms. The smallest absolute Gasteiger partial charge is 0.443 e. The highest BCUT2D eigenvalue weighted by Gasteiger charge is 2.46. The number of ether oxygens (including phenoxy) is 2. The zero-order valence-corrected chi connectivity index (χ0v) is 19.3. The fraction of sp³-hybridized carbons (Fsp3) is 0.636. The van der Waals surface area contributed by atoms with Crippen LogP contribution in [0.3, 0.4) is 0 Å². The molecule has 2 bridgehead atoms. The molecule has 6 rings (SSSR count). The van der Waals surface area contributed by atoms with Crippen LogP contribution in [0.15, 0.2) is 12.1 Å². The Morgan fingerprint density at radius 2 is 1.97 bits per heavy atom. The first-order valence-electron chi connectivity index (χ1n) is 11.8. The Hall–Kier alpha value is -3.16. The molecular formula is C22H26F4N6O4. The van der Waals surface area contributed by atoms with Gasteiger partial charge in [-0.2, -0.15) is 10.2 Å². The summed E-state index contributed by atoms with van der Waals surface area (Å²) in [7, 11) is 1.41. The van der Waals surface area contributed by atoms with Crippen LogP contribution in [0.4, 0.5) is 28.2 Å². The highest BCUT2D eigenvalue weighted by atomic mass is 19.4. The Labute approximate surface area is 203 Å². The summed E-state index contributed by atoms with van der Waals surface area (Å²) < 4.78 is 61.5. The minimum atomic E-state index is -4.81. The minimum Gasteiger partial charge on any atom is -0.443 e. The molecule has 0 aliphatic heterocycles. The predicted molar refractivity (Wildman–Crippen MR) is 115 cm³/mol. The molecule has 36 heavy (non-hydrogen) atoms. The van der Waals surface area contributed by atoms with E-state index in [-0.39, 0.29) is 42.0 Å². The van der Waals surface area contributed by atoms with Crippen LogP contribution in [0.5, 0.6) is 0 Å². The fourth-order valence-corrected chi connectivity index (χ4v) is 5.44. The molecule has 0 aromatic carbocycles. The van der Waals surface area contributed by atoms with Gasteiger partial charge in [-0.3, -0.25) is 19.3 Å². The van der Waals surface area contributed by atoms with Gasteiger partial charge in [0.25, 0.3) is 5.91 Å². The van der Waals surface area contributed by atoms with Crippen molar-refractivity contribution in [2.45, 2.75) is 69.3 Å². The Balaban J connectivity index is 1.14. The summed E-state index contributed by atoms with van der Waals surface area (Å²) in [4.78, 5) is 24.8. The lowest BCUT2D eigenvalue weighted by molar-refractivity contribution is -0.330. The molecule has 4 aliphatic carbocycles. The maximum atomic E-state index is 14.6. The number of nitrogens with one attached hydrogen (secondary N) is 3.